The Morgan fingerprint density at radius 1 is 1.44 bits per heavy atom. The summed E-state index contributed by atoms with van der Waals surface area (Å²) in [4.78, 5) is 13.5. The number of methoxy groups -OCH3 is 2. The van der Waals surface area contributed by atoms with E-state index in [9.17, 15) is 4.79 Å². The quantitative estimate of drug-likeness (QED) is 0.697. The van der Waals surface area contributed by atoms with Gasteiger partial charge in [-0.25, -0.2) is 0 Å². The predicted octanol–water partition coefficient (Wildman–Crippen LogP) is 0.285. The van der Waals surface area contributed by atoms with Gasteiger partial charge < -0.3 is 19.1 Å². The van der Waals surface area contributed by atoms with Crippen LogP contribution in [0.5, 0.6) is 0 Å². The van der Waals surface area contributed by atoms with Gasteiger partial charge in [0.15, 0.2) is 0 Å². The van der Waals surface area contributed by atoms with Crippen LogP contribution in [0.25, 0.3) is 0 Å². The summed E-state index contributed by atoms with van der Waals surface area (Å²) >= 11 is 0. The number of nitrogens with zero attached hydrogens (tertiary/aromatic N) is 1. The third kappa shape index (κ3) is 3.73. The van der Waals surface area contributed by atoms with Gasteiger partial charge in [-0.3, -0.25) is 4.79 Å². The van der Waals surface area contributed by atoms with Crippen molar-refractivity contribution in [3.63, 3.8) is 0 Å². The smallest absolute Gasteiger partial charge is 0.248 e. The Morgan fingerprint density at radius 3 is 2.69 bits per heavy atom. The zero-order valence-electron chi connectivity index (χ0n) is 10.5. The maximum Gasteiger partial charge on any atom is 0.248 e. The van der Waals surface area contributed by atoms with Crippen LogP contribution in [0, 0.1) is 0 Å². The molecular formula is C11H21NO4. The number of amides is 1. The molecule has 0 N–H and O–H groups in total. The van der Waals surface area contributed by atoms with Gasteiger partial charge in [0.25, 0.3) is 0 Å². The summed E-state index contributed by atoms with van der Waals surface area (Å²) in [6.45, 7) is 5.73. The number of hydrogen-bond donors (Lipinski definition) is 0. The van der Waals surface area contributed by atoms with Crippen LogP contribution in [-0.4, -0.2) is 63.0 Å². The molecular weight excluding hydrogens is 210 g/mol. The summed E-state index contributed by atoms with van der Waals surface area (Å²) in [6.07, 6.45) is -0.0606. The highest BCUT2D eigenvalue weighted by Crippen LogP contribution is 2.21. The van der Waals surface area contributed by atoms with Gasteiger partial charge in [-0.1, -0.05) is 0 Å². The molecule has 1 fully saturated rings. The lowest BCUT2D eigenvalue weighted by Crippen LogP contribution is -2.56. The summed E-state index contributed by atoms with van der Waals surface area (Å²) in [5.74, 6) is -0.0000203. The lowest BCUT2D eigenvalue weighted by Gasteiger charge is -2.42. The van der Waals surface area contributed by atoms with E-state index in [0.29, 0.717) is 19.7 Å². The number of rotatable bonds is 4. The molecule has 0 aromatic heterocycles. The average Bonchev–Trinajstić information content (AvgIpc) is 2.16. The molecule has 0 aliphatic carbocycles. The molecule has 0 spiro atoms. The Hall–Kier alpha value is -0.650. The molecule has 5 heteroatoms. The maximum atomic E-state index is 11.7. The minimum Gasteiger partial charge on any atom is -0.382 e. The van der Waals surface area contributed by atoms with Gasteiger partial charge in [0.05, 0.1) is 18.3 Å². The zero-order valence-corrected chi connectivity index (χ0v) is 10.5. The molecule has 1 atom stereocenters. The number of carbonyl (C=O) groups excluding carboxylic acids is 1. The second kappa shape index (κ2) is 5.61. The second-order valence-corrected chi connectivity index (χ2v) is 4.66. The summed E-state index contributed by atoms with van der Waals surface area (Å²) in [5, 5.41) is 0. The lowest BCUT2D eigenvalue weighted by molar-refractivity contribution is -0.171. The standard InChI is InChI=1S/C11H21NO4/c1-11(2)8-12(10(13)7-15-4)5-9(16-11)6-14-3/h9H,5-8H2,1-4H3/t9-/m1/s1. The number of hydrogen-bond acceptors (Lipinski definition) is 4. The van der Waals surface area contributed by atoms with E-state index in [0.717, 1.165) is 0 Å². The number of carbonyl (C=O) groups is 1. The van der Waals surface area contributed by atoms with Crippen LogP contribution in [0.1, 0.15) is 13.8 Å². The van der Waals surface area contributed by atoms with E-state index in [1.54, 1.807) is 12.0 Å². The predicted molar refractivity (Wildman–Crippen MR) is 59.3 cm³/mol. The van der Waals surface area contributed by atoms with Crippen molar-refractivity contribution in [2.45, 2.75) is 25.6 Å². The van der Waals surface area contributed by atoms with Gasteiger partial charge in [-0.2, -0.15) is 0 Å². The average molecular weight is 231 g/mol. The summed E-state index contributed by atoms with van der Waals surface area (Å²) in [5.41, 5.74) is -0.329. The molecule has 0 saturated carbocycles. The minimum absolute atomic E-state index is 0.0000203. The Balaban J connectivity index is 2.61. The molecule has 0 aromatic carbocycles. The molecule has 1 amide bonds. The highest BCUT2D eigenvalue weighted by Gasteiger charge is 2.35. The van der Waals surface area contributed by atoms with Gasteiger partial charge in [0.1, 0.15) is 6.61 Å². The largest absolute Gasteiger partial charge is 0.382 e. The molecule has 94 valence electrons. The summed E-state index contributed by atoms with van der Waals surface area (Å²) in [7, 11) is 3.16. The fraction of sp³-hybridized carbons (Fsp3) is 0.909. The molecule has 0 bridgehead atoms. The van der Waals surface area contributed by atoms with Crippen molar-refractivity contribution in [2.75, 3.05) is 40.5 Å². The molecule has 5 nitrogen and oxygen atoms in total. The Morgan fingerprint density at radius 2 is 2.12 bits per heavy atom. The van der Waals surface area contributed by atoms with Crippen LogP contribution in [0.2, 0.25) is 0 Å². The molecule has 0 unspecified atom stereocenters. The zero-order chi connectivity index (χ0) is 12.2. The summed E-state index contributed by atoms with van der Waals surface area (Å²) < 4.78 is 15.7. The summed E-state index contributed by atoms with van der Waals surface area (Å²) in [6, 6.07) is 0. The highest BCUT2D eigenvalue weighted by molar-refractivity contribution is 5.77. The van der Waals surface area contributed by atoms with Crippen LogP contribution in [-0.2, 0) is 19.0 Å². The van der Waals surface area contributed by atoms with Crippen molar-refractivity contribution < 1.29 is 19.0 Å². The van der Waals surface area contributed by atoms with E-state index < -0.39 is 0 Å². The fourth-order valence-electron chi connectivity index (χ4n) is 1.97. The van der Waals surface area contributed by atoms with Crippen LogP contribution in [0.4, 0.5) is 0 Å². The topological polar surface area (TPSA) is 48.0 Å². The van der Waals surface area contributed by atoms with Gasteiger partial charge >= 0.3 is 0 Å². The second-order valence-electron chi connectivity index (χ2n) is 4.66. The van der Waals surface area contributed by atoms with Crippen molar-refractivity contribution in [3.05, 3.63) is 0 Å². The van der Waals surface area contributed by atoms with Crippen LogP contribution < -0.4 is 0 Å². The first-order valence-corrected chi connectivity index (χ1v) is 5.42. The SMILES string of the molecule is COCC(=O)N1C[C@H](COC)OC(C)(C)C1. The number of ether oxygens (including phenoxy) is 3. The van der Waals surface area contributed by atoms with E-state index in [4.69, 9.17) is 14.2 Å². The van der Waals surface area contributed by atoms with Gasteiger partial charge in [0, 0.05) is 27.3 Å². The van der Waals surface area contributed by atoms with Crippen molar-refractivity contribution in [2.24, 2.45) is 0 Å². The van der Waals surface area contributed by atoms with Gasteiger partial charge in [-0.05, 0) is 13.8 Å². The Bertz CT molecular complexity index is 242. The van der Waals surface area contributed by atoms with Crippen molar-refractivity contribution in [1.82, 2.24) is 4.90 Å². The van der Waals surface area contributed by atoms with Gasteiger partial charge in [0.2, 0.25) is 5.91 Å². The first kappa shape index (κ1) is 13.4. The Labute approximate surface area is 96.6 Å². The van der Waals surface area contributed by atoms with E-state index in [1.165, 1.54) is 7.11 Å². The third-order valence-corrected chi connectivity index (χ3v) is 2.45. The molecule has 0 radical (unpaired) electrons. The molecule has 16 heavy (non-hydrogen) atoms. The third-order valence-electron chi connectivity index (χ3n) is 2.45. The van der Waals surface area contributed by atoms with Crippen LogP contribution in [0.15, 0.2) is 0 Å². The van der Waals surface area contributed by atoms with E-state index in [2.05, 4.69) is 0 Å². The van der Waals surface area contributed by atoms with Crippen LogP contribution >= 0.6 is 0 Å². The van der Waals surface area contributed by atoms with E-state index >= 15 is 0 Å². The fourth-order valence-corrected chi connectivity index (χ4v) is 1.97. The molecule has 1 aliphatic heterocycles. The normalized spacial score (nSPS) is 24.5. The number of morpholine rings is 1. The van der Waals surface area contributed by atoms with E-state index in [-0.39, 0.29) is 24.2 Å². The first-order chi connectivity index (χ1) is 7.48. The molecule has 1 rings (SSSR count). The van der Waals surface area contributed by atoms with Crippen LogP contribution in [0.3, 0.4) is 0 Å². The van der Waals surface area contributed by atoms with Crippen molar-refractivity contribution in [3.8, 4) is 0 Å². The molecule has 0 aromatic rings. The Kier molecular flexibility index (Phi) is 4.70. The molecule has 1 heterocycles. The maximum absolute atomic E-state index is 11.7. The van der Waals surface area contributed by atoms with Crippen molar-refractivity contribution in [1.29, 1.82) is 0 Å². The van der Waals surface area contributed by atoms with E-state index in [1.807, 2.05) is 13.8 Å². The van der Waals surface area contributed by atoms with Crippen molar-refractivity contribution >= 4 is 5.91 Å². The lowest BCUT2D eigenvalue weighted by atomic mass is 10.1. The highest BCUT2D eigenvalue weighted by atomic mass is 16.5. The minimum atomic E-state index is -0.329. The first-order valence-electron chi connectivity index (χ1n) is 5.42. The molecule has 1 saturated heterocycles. The monoisotopic (exact) mass is 231 g/mol. The van der Waals surface area contributed by atoms with Gasteiger partial charge in [-0.15, -0.1) is 0 Å². The molecule has 1 aliphatic rings.